The van der Waals surface area contributed by atoms with Crippen molar-refractivity contribution in [3.05, 3.63) is 99.0 Å². The Labute approximate surface area is 237 Å². The third-order valence-electron chi connectivity index (χ3n) is 6.81. The molecule has 4 aromatic heterocycles. The zero-order chi connectivity index (χ0) is 28.0. The quantitative estimate of drug-likeness (QED) is 0.271. The Balaban J connectivity index is 0.00000337. The Kier molecular flexibility index (Phi) is 7.48. The van der Waals surface area contributed by atoms with E-state index in [0.29, 0.717) is 33.9 Å². The average molecular weight is 578 g/mol. The van der Waals surface area contributed by atoms with Gasteiger partial charge in [0, 0.05) is 24.8 Å². The third-order valence-corrected chi connectivity index (χ3v) is 6.81. The number of aromatic nitrogens is 4. The average Bonchev–Trinajstić information content (AvgIpc) is 3.53. The fourth-order valence-electron chi connectivity index (χ4n) is 4.95. The van der Waals surface area contributed by atoms with Crippen molar-refractivity contribution in [2.24, 2.45) is 0 Å². The van der Waals surface area contributed by atoms with E-state index in [-0.39, 0.29) is 58.9 Å². The SMILES string of the molecule is CN(C)CCOC(=O)c1c(-c2ccc[nH]c2=O)c2c3occc3c(F)cc2n1Cc1ccc2nc[nH]c(=O)c2c1.Cl. The highest BCUT2D eigenvalue weighted by Crippen LogP contribution is 2.40. The smallest absolute Gasteiger partial charge is 0.355 e. The summed E-state index contributed by atoms with van der Waals surface area (Å²) >= 11 is 0. The first kappa shape index (κ1) is 27.8. The van der Waals surface area contributed by atoms with Gasteiger partial charge in [-0.05, 0) is 56.1 Å². The molecule has 12 heteroatoms. The predicted molar refractivity (Wildman–Crippen MR) is 155 cm³/mol. The van der Waals surface area contributed by atoms with Gasteiger partial charge < -0.3 is 28.6 Å². The van der Waals surface area contributed by atoms with E-state index in [2.05, 4.69) is 15.0 Å². The number of rotatable bonds is 7. The highest BCUT2D eigenvalue weighted by atomic mass is 35.5. The summed E-state index contributed by atoms with van der Waals surface area (Å²) in [5.74, 6) is -1.23. The van der Waals surface area contributed by atoms with E-state index in [9.17, 15) is 14.4 Å². The number of aromatic amines is 2. The van der Waals surface area contributed by atoms with E-state index >= 15 is 4.39 Å². The number of hydrogen-bond donors (Lipinski definition) is 2. The summed E-state index contributed by atoms with van der Waals surface area (Å²) in [7, 11) is 3.71. The monoisotopic (exact) mass is 577 g/mol. The van der Waals surface area contributed by atoms with Gasteiger partial charge in [0.1, 0.15) is 23.7 Å². The van der Waals surface area contributed by atoms with Gasteiger partial charge in [0.25, 0.3) is 11.1 Å². The van der Waals surface area contributed by atoms with Crippen LogP contribution in [0.1, 0.15) is 16.1 Å². The largest absolute Gasteiger partial charge is 0.463 e. The Morgan fingerprint density at radius 3 is 2.71 bits per heavy atom. The van der Waals surface area contributed by atoms with Gasteiger partial charge in [-0.15, -0.1) is 12.4 Å². The molecule has 0 radical (unpaired) electrons. The van der Waals surface area contributed by atoms with Crippen LogP contribution in [0, 0.1) is 5.82 Å². The van der Waals surface area contributed by atoms with Crippen LogP contribution in [0.5, 0.6) is 0 Å². The minimum absolute atomic E-state index is 0. The van der Waals surface area contributed by atoms with Crippen LogP contribution in [-0.4, -0.2) is 57.6 Å². The summed E-state index contributed by atoms with van der Waals surface area (Å²) < 4.78 is 28.3. The summed E-state index contributed by atoms with van der Waals surface area (Å²) in [6, 6.07) is 11.2. The number of nitrogens with zero attached hydrogens (tertiary/aromatic N) is 3. The first-order valence-electron chi connectivity index (χ1n) is 12.5. The molecule has 4 heterocycles. The Morgan fingerprint density at radius 2 is 1.93 bits per heavy atom. The zero-order valence-electron chi connectivity index (χ0n) is 22.1. The molecule has 10 nitrogen and oxygen atoms in total. The number of benzene rings is 2. The molecule has 0 atom stereocenters. The molecule has 0 aliphatic heterocycles. The summed E-state index contributed by atoms with van der Waals surface area (Å²) in [4.78, 5) is 50.6. The van der Waals surface area contributed by atoms with Crippen molar-refractivity contribution < 1.29 is 18.3 Å². The molecule has 41 heavy (non-hydrogen) atoms. The second-order valence-electron chi connectivity index (χ2n) is 9.66. The van der Waals surface area contributed by atoms with Gasteiger partial charge in [-0.1, -0.05) is 6.07 Å². The number of pyridine rings is 1. The number of nitrogens with one attached hydrogen (secondary N) is 2. The van der Waals surface area contributed by atoms with Crippen LogP contribution in [0.3, 0.4) is 0 Å². The number of ether oxygens (including phenoxy) is 1. The lowest BCUT2D eigenvalue weighted by molar-refractivity contribution is 0.0471. The van der Waals surface area contributed by atoms with Crippen LogP contribution < -0.4 is 11.1 Å². The van der Waals surface area contributed by atoms with Crippen molar-refractivity contribution in [1.82, 2.24) is 24.4 Å². The van der Waals surface area contributed by atoms with E-state index in [1.165, 1.54) is 30.9 Å². The van der Waals surface area contributed by atoms with Crippen LogP contribution in [0.4, 0.5) is 4.39 Å². The molecule has 0 unspecified atom stereocenters. The van der Waals surface area contributed by atoms with Crippen molar-refractivity contribution in [3.8, 4) is 11.1 Å². The Hall–Kier alpha value is -4.74. The molecule has 0 bridgehead atoms. The summed E-state index contributed by atoms with van der Waals surface area (Å²) in [5, 5.41) is 0.984. The molecule has 0 spiro atoms. The van der Waals surface area contributed by atoms with E-state index in [1.807, 2.05) is 19.0 Å². The van der Waals surface area contributed by atoms with Crippen molar-refractivity contribution in [3.63, 3.8) is 0 Å². The molecule has 6 rings (SSSR count). The molecule has 0 saturated heterocycles. The molecule has 2 N–H and O–H groups in total. The van der Waals surface area contributed by atoms with Gasteiger partial charge in [0.2, 0.25) is 0 Å². The molecular formula is C29H25ClFN5O5. The van der Waals surface area contributed by atoms with Crippen molar-refractivity contribution in [2.45, 2.75) is 6.54 Å². The van der Waals surface area contributed by atoms with E-state index in [0.717, 1.165) is 0 Å². The minimum Gasteiger partial charge on any atom is -0.463 e. The number of H-pyrrole nitrogens is 2. The molecular weight excluding hydrogens is 553 g/mol. The van der Waals surface area contributed by atoms with Gasteiger partial charge in [0.05, 0.1) is 45.3 Å². The molecule has 0 aliphatic rings. The number of carbonyl (C=O) groups excluding carboxylic acids is 1. The molecule has 210 valence electrons. The minimum atomic E-state index is -0.684. The number of esters is 1. The van der Waals surface area contributed by atoms with Gasteiger partial charge in [-0.2, -0.15) is 0 Å². The zero-order valence-corrected chi connectivity index (χ0v) is 22.9. The van der Waals surface area contributed by atoms with Crippen molar-refractivity contribution >= 4 is 51.2 Å². The first-order valence-corrected chi connectivity index (χ1v) is 12.5. The Morgan fingerprint density at radius 1 is 1.10 bits per heavy atom. The molecule has 0 fully saturated rings. The van der Waals surface area contributed by atoms with Gasteiger partial charge in [-0.25, -0.2) is 14.2 Å². The van der Waals surface area contributed by atoms with Gasteiger partial charge in [-0.3, -0.25) is 9.59 Å². The lowest BCUT2D eigenvalue weighted by Crippen LogP contribution is -2.22. The fourth-order valence-corrected chi connectivity index (χ4v) is 4.95. The lowest BCUT2D eigenvalue weighted by atomic mass is 10.0. The normalized spacial score (nSPS) is 11.4. The van der Waals surface area contributed by atoms with Crippen molar-refractivity contribution in [1.29, 1.82) is 0 Å². The summed E-state index contributed by atoms with van der Waals surface area (Å²) in [6.45, 7) is 0.638. The second-order valence-corrected chi connectivity index (χ2v) is 9.66. The van der Waals surface area contributed by atoms with E-state index < -0.39 is 17.3 Å². The Bertz CT molecular complexity index is 2040. The second kappa shape index (κ2) is 11.0. The maximum absolute atomic E-state index is 15.3. The topological polar surface area (TPSA) is 126 Å². The number of furan rings is 1. The lowest BCUT2D eigenvalue weighted by Gasteiger charge is -2.14. The molecule has 0 aliphatic carbocycles. The molecule has 6 aromatic rings. The van der Waals surface area contributed by atoms with E-state index in [4.69, 9.17) is 9.15 Å². The van der Waals surface area contributed by atoms with Crippen LogP contribution >= 0.6 is 12.4 Å². The highest BCUT2D eigenvalue weighted by Gasteiger charge is 2.30. The molecule has 0 amide bonds. The van der Waals surface area contributed by atoms with Crippen LogP contribution in [0.25, 0.3) is 43.9 Å². The van der Waals surface area contributed by atoms with Gasteiger partial charge in [0.15, 0.2) is 0 Å². The highest BCUT2D eigenvalue weighted by molar-refractivity contribution is 6.17. The molecule has 2 aromatic carbocycles. The number of likely N-dealkylation sites (N-methyl/N-ethyl adjacent to an activating group) is 1. The number of fused-ring (bicyclic) bond motifs is 4. The number of halogens is 2. The van der Waals surface area contributed by atoms with Crippen LogP contribution in [0.2, 0.25) is 0 Å². The maximum Gasteiger partial charge on any atom is 0.355 e. The standard InChI is InChI=1S/C29H24FN5O5.ClH/c1-34(2)9-11-40-29(38)25-23(18-4-3-8-31-27(18)36)24-22(13-20(30)17-7-10-39-26(17)24)35(25)14-16-5-6-21-19(12-16)28(37)33-15-32-21;/h3-8,10,12-13,15H,9,11,14H2,1-2H3,(H,31,36)(H,32,33,37);1H. The van der Waals surface area contributed by atoms with Crippen LogP contribution in [0.15, 0.2) is 75.3 Å². The fraction of sp³-hybridized carbons (Fsp3) is 0.172. The van der Waals surface area contributed by atoms with Crippen molar-refractivity contribution in [2.75, 3.05) is 27.2 Å². The van der Waals surface area contributed by atoms with E-state index in [1.54, 1.807) is 34.9 Å². The number of hydrogen-bond acceptors (Lipinski definition) is 7. The first-order chi connectivity index (χ1) is 19.3. The van der Waals surface area contributed by atoms with Crippen LogP contribution in [-0.2, 0) is 11.3 Å². The molecule has 0 saturated carbocycles. The maximum atomic E-state index is 15.3. The summed E-state index contributed by atoms with van der Waals surface area (Å²) in [6.07, 6.45) is 4.18. The van der Waals surface area contributed by atoms with Gasteiger partial charge >= 0.3 is 5.97 Å². The predicted octanol–water partition coefficient (Wildman–Crippen LogP) is 4.31. The summed E-state index contributed by atoms with van der Waals surface area (Å²) in [5.41, 5.74) is 1.48. The number of carbonyl (C=O) groups is 1. The third kappa shape index (κ3) is 4.90.